The van der Waals surface area contributed by atoms with Crippen molar-refractivity contribution >= 4 is 23.2 Å². The van der Waals surface area contributed by atoms with Crippen LogP contribution in [-0.4, -0.2) is 23.5 Å². The fourth-order valence-corrected chi connectivity index (χ4v) is 1.95. The first-order chi connectivity index (χ1) is 7.50. The van der Waals surface area contributed by atoms with Gasteiger partial charge in [0.25, 0.3) is 5.91 Å². The number of carboxylic acid groups (broad SMARTS) is 1. The van der Waals surface area contributed by atoms with E-state index in [0.717, 1.165) is 4.88 Å². The average molecular weight is 241 g/mol. The van der Waals surface area contributed by atoms with Crippen LogP contribution in [0.25, 0.3) is 0 Å². The topological polar surface area (TPSA) is 66.4 Å². The van der Waals surface area contributed by atoms with Crippen molar-refractivity contribution in [3.8, 4) is 0 Å². The molecular weight excluding hydrogens is 226 g/mol. The maximum absolute atomic E-state index is 11.6. The summed E-state index contributed by atoms with van der Waals surface area (Å²) in [5, 5.41) is 11.4. The SMILES string of the molecule is Cc1ccc(C(=O)NCCC(C)C(=O)O)s1. The third-order valence-corrected chi connectivity index (χ3v) is 3.25. The molecule has 5 heteroatoms. The Kier molecular flexibility index (Phi) is 4.49. The fourth-order valence-electron chi connectivity index (χ4n) is 1.17. The summed E-state index contributed by atoms with van der Waals surface area (Å²) in [5.41, 5.74) is 0. The van der Waals surface area contributed by atoms with Crippen molar-refractivity contribution in [1.82, 2.24) is 5.32 Å². The van der Waals surface area contributed by atoms with Crippen LogP contribution in [0.15, 0.2) is 12.1 Å². The Hall–Kier alpha value is -1.36. The van der Waals surface area contributed by atoms with Gasteiger partial charge in [-0.25, -0.2) is 0 Å². The van der Waals surface area contributed by atoms with Crippen LogP contribution in [0.4, 0.5) is 0 Å². The molecule has 0 fully saturated rings. The molecule has 1 atom stereocenters. The molecule has 16 heavy (non-hydrogen) atoms. The Morgan fingerprint density at radius 3 is 2.69 bits per heavy atom. The van der Waals surface area contributed by atoms with Crippen LogP contribution in [-0.2, 0) is 4.79 Å². The number of carboxylic acids is 1. The molecule has 4 nitrogen and oxygen atoms in total. The van der Waals surface area contributed by atoms with E-state index < -0.39 is 11.9 Å². The highest BCUT2D eigenvalue weighted by molar-refractivity contribution is 7.13. The first-order valence-corrected chi connectivity index (χ1v) is 5.90. The number of aliphatic carboxylic acids is 1. The number of carbonyl (C=O) groups excluding carboxylic acids is 1. The van der Waals surface area contributed by atoms with Gasteiger partial charge in [-0.2, -0.15) is 0 Å². The number of nitrogens with one attached hydrogen (secondary N) is 1. The molecule has 0 saturated heterocycles. The van der Waals surface area contributed by atoms with Crippen LogP contribution in [0.2, 0.25) is 0 Å². The van der Waals surface area contributed by atoms with Crippen molar-refractivity contribution in [1.29, 1.82) is 0 Å². The largest absolute Gasteiger partial charge is 0.481 e. The lowest BCUT2D eigenvalue weighted by atomic mass is 10.1. The van der Waals surface area contributed by atoms with Crippen LogP contribution in [0, 0.1) is 12.8 Å². The second-order valence-corrected chi connectivity index (χ2v) is 4.98. The van der Waals surface area contributed by atoms with Crippen LogP contribution >= 0.6 is 11.3 Å². The summed E-state index contributed by atoms with van der Waals surface area (Å²) in [5.74, 6) is -1.39. The highest BCUT2D eigenvalue weighted by Crippen LogP contribution is 2.14. The Bertz CT molecular complexity index is 386. The predicted molar refractivity (Wildman–Crippen MR) is 62.8 cm³/mol. The number of aryl methyl sites for hydroxylation is 1. The number of amides is 1. The number of carbonyl (C=O) groups is 2. The van der Waals surface area contributed by atoms with E-state index in [1.807, 2.05) is 13.0 Å². The molecule has 88 valence electrons. The van der Waals surface area contributed by atoms with E-state index in [1.165, 1.54) is 11.3 Å². The van der Waals surface area contributed by atoms with E-state index >= 15 is 0 Å². The Balaban J connectivity index is 2.34. The number of thiophene rings is 1. The molecule has 0 saturated carbocycles. The molecule has 1 aromatic heterocycles. The summed E-state index contributed by atoms with van der Waals surface area (Å²) in [6.45, 7) is 3.96. The molecule has 1 aromatic rings. The molecule has 0 aliphatic heterocycles. The molecule has 0 aliphatic carbocycles. The van der Waals surface area contributed by atoms with Gasteiger partial charge in [-0.05, 0) is 25.5 Å². The maximum atomic E-state index is 11.6. The number of rotatable bonds is 5. The minimum absolute atomic E-state index is 0.129. The first-order valence-electron chi connectivity index (χ1n) is 5.08. The Labute approximate surface area is 98.3 Å². The molecular formula is C11H15NO3S. The molecule has 0 spiro atoms. The third-order valence-electron chi connectivity index (χ3n) is 2.25. The van der Waals surface area contributed by atoms with Crippen molar-refractivity contribution < 1.29 is 14.7 Å². The number of hydrogen-bond donors (Lipinski definition) is 2. The second-order valence-electron chi connectivity index (χ2n) is 3.69. The standard InChI is InChI=1S/C11H15NO3S/c1-7(11(14)15)5-6-12-10(13)9-4-3-8(2)16-9/h3-4,7H,5-6H2,1-2H3,(H,12,13)(H,14,15). The van der Waals surface area contributed by atoms with Crippen LogP contribution in [0.1, 0.15) is 27.9 Å². The second kappa shape index (κ2) is 5.65. The highest BCUT2D eigenvalue weighted by atomic mass is 32.1. The minimum atomic E-state index is -0.832. The molecule has 1 amide bonds. The summed E-state index contributed by atoms with van der Waals surface area (Å²) in [6.07, 6.45) is 0.450. The lowest BCUT2D eigenvalue weighted by molar-refractivity contribution is -0.141. The molecule has 0 radical (unpaired) electrons. The van der Waals surface area contributed by atoms with Gasteiger partial charge >= 0.3 is 5.97 Å². The summed E-state index contributed by atoms with van der Waals surface area (Å²) in [6, 6.07) is 3.66. The van der Waals surface area contributed by atoms with E-state index in [9.17, 15) is 9.59 Å². The monoisotopic (exact) mass is 241 g/mol. The zero-order chi connectivity index (χ0) is 12.1. The van der Waals surface area contributed by atoms with E-state index in [-0.39, 0.29) is 5.91 Å². The number of hydrogen-bond acceptors (Lipinski definition) is 3. The Morgan fingerprint density at radius 1 is 1.50 bits per heavy atom. The maximum Gasteiger partial charge on any atom is 0.306 e. The van der Waals surface area contributed by atoms with Crippen molar-refractivity contribution in [3.63, 3.8) is 0 Å². The van der Waals surface area contributed by atoms with Crippen molar-refractivity contribution in [2.45, 2.75) is 20.3 Å². The lowest BCUT2D eigenvalue weighted by Gasteiger charge is -2.06. The van der Waals surface area contributed by atoms with Gasteiger partial charge in [0.2, 0.25) is 0 Å². The molecule has 1 heterocycles. The summed E-state index contributed by atoms with van der Waals surface area (Å²) in [7, 11) is 0. The minimum Gasteiger partial charge on any atom is -0.481 e. The van der Waals surface area contributed by atoms with Gasteiger partial charge in [-0.15, -0.1) is 11.3 Å². The van der Waals surface area contributed by atoms with Crippen molar-refractivity contribution in [3.05, 3.63) is 21.9 Å². The summed E-state index contributed by atoms with van der Waals surface area (Å²) >= 11 is 1.43. The molecule has 1 rings (SSSR count). The van der Waals surface area contributed by atoms with Gasteiger partial charge in [-0.3, -0.25) is 9.59 Å². The van der Waals surface area contributed by atoms with Gasteiger partial charge in [0, 0.05) is 11.4 Å². The normalized spacial score (nSPS) is 12.1. The lowest BCUT2D eigenvalue weighted by Crippen LogP contribution is -2.26. The average Bonchev–Trinajstić information content (AvgIpc) is 2.64. The fraction of sp³-hybridized carbons (Fsp3) is 0.455. The van der Waals surface area contributed by atoms with Gasteiger partial charge in [-0.1, -0.05) is 6.92 Å². The zero-order valence-electron chi connectivity index (χ0n) is 9.32. The molecule has 0 aromatic carbocycles. The van der Waals surface area contributed by atoms with Crippen molar-refractivity contribution in [2.75, 3.05) is 6.54 Å². The van der Waals surface area contributed by atoms with Crippen molar-refractivity contribution in [2.24, 2.45) is 5.92 Å². The quantitative estimate of drug-likeness (QED) is 0.827. The van der Waals surface area contributed by atoms with Crippen LogP contribution < -0.4 is 5.32 Å². The molecule has 1 unspecified atom stereocenters. The van der Waals surface area contributed by atoms with E-state index in [1.54, 1.807) is 13.0 Å². The van der Waals surface area contributed by atoms with E-state index in [4.69, 9.17) is 5.11 Å². The highest BCUT2D eigenvalue weighted by Gasteiger charge is 2.12. The van der Waals surface area contributed by atoms with Crippen LogP contribution in [0.3, 0.4) is 0 Å². The summed E-state index contributed by atoms with van der Waals surface area (Å²) < 4.78 is 0. The molecule has 2 N–H and O–H groups in total. The van der Waals surface area contributed by atoms with E-state index in [2.05, 4.69) is 5.32 Å². The third kappa shape index (κ3) is 3.66. The predicted octanol–water partition coefficient (Wildman–Crippen LogP) is 1.90. The zero-order valence-corrected chi connectivity index (χ0v) is 10.1. The molecule has 0 aliphatic rings. The van der Waals surface area contributed by atoms with Crippen LogP contribution in [0.5, 0.6) is 0 Å². The van der Waals surface area contributed by atoms with Gasteiger partial charge in [0.05, 0.1) is 10.8 Å². The van der Waals surface area contributed by atoms with Gasteiger partial charge in [0.15, 0.2) is 0 Å². The van der Waals surface area contributed by atoms with Gasteiger partial charge in [0.1, 0.15) is 0 Å². The van der Waals surface area contributed by atoms with E-state index in [0.29, 0.717) is 17.8 Å². The smallest absolute Gasteiger partial charge is 0.306 e. The molecule has 0 bridgehead atoms. The Morgan fingerprint density at radius 2 is 2.19 bits per heavy atom. The first kappa shape index (κ1) is 12.7. The summed E-state index contributed by atoms with van der Waals surface area (Å²) in [4.78, 5) is 23.9. The van der Waals surface area contributed by atoms with Gasteiger partial charge < -0.3 is 10.4 Å².